The van der Waals surface area contributed by atoms with E-state index in [0.717, 1.165) is 25.1 Å². The second-order valence-corrected chi connectivity index (χ2v) is 8.87. The molecule has 1 spiro atoms. The van der Waals surface area contributed by atoms with E-state index in [1.807, 2.05) is 0 Å². The quantitative estimate of drug-likeness (QED) is 0.787. The zero-order valence-corrected chi connectivity index (χ0v) is 15.2. The third-order valence-electron chi connectivity index (χ3n) is 6.95. The molecule has 3 saturated heterocycles. The first kappa shape index (κ1) is 16.3. The molecule has 0 radical (unpaired) electrons. The van der Waals surface area contributed by atoms with Crippen molar-refractivity contribution < 1.29 is 4.74 Å². The van der Waals surface area contributed by atoms with Gasteiger partial charge < -0.3 is 14.5 Å². The van der Waals surface area contributed by atoms with Gasteiger partial charge in [0, 0.05) is 38.8 Å². The summed E-state index contributed by atoms with van der Waals surface area (Å²) in [6, 6.07) is 0.860. The van der Waals surface area contributed by atoms with Crippen molar-refractivity contribution in [2.24, 2.45) is 11.3 Å². The van der Waals surface area contributed by atoms with Gasteiger partial charge in [0.05, 0.1) is 12.7 Å². The molecule has 132 valence electrons. The van der Waals surface area contributed by atoms with Crippen molar-refractivity contribution in [1.82, 2.24) is 14.7 Å². The Balaban J connectivity index is 1.17. The highest BCUT2D eigenvalue weighted by molar-refractivity contribution is 5.08. The van der Waals surface area contributed by atoms with E-state index in [1.54, 1.807) is 0 Å². The Morgan fingerprint density at radius 2 is 1.83 bits per heavy atom. The molecular formula is C19H35N3O. The smallest absolute Gasteiger partial charge is 0.0700 e. The van der Waals surface area contributed by atoms with Crippen molar-refractivity contribution in [3.05, 3.63) is 0 Å². The van der Waals surface area contributed by atoms with E-state index in [9.17, 15) is 0 Å². The molecule has 4 rings (SSSR count). The minimum absolute atomic E-state index is 0.489. The second kappa shape index (κ2) is 6.62. The number of piperidine rings is 1. The monoisotopic (exact) mass is 321 g/mol. The highest BCUT2D eigenvalue weighted by Crippen LogP contribution is 2.50. The average molecular weight is 322 g/mol. The molecular weight excluding hydrogens is 286 g/mol. The number of morpholine rings is 1. The Morgan fingerprint density at radius 1 is 1.09 bits per heavy atom. The van der Waals surface area contributed by atoms with Crippen LogP contribution >= 0.6 is 0 Å². The van der Waals surface area contributed by atoms with Crippen molar-refractivity contribution in [3.8, 4) is 0 Å². The summed E-state index contributed by atoms with van der Waals surface area (Å²) in [6.07, 6.45) is 7.38. The van der Waals surface area contributed by atoms with E-state index >= 15 is 0 Å². The SMILES string of the molecule is CC[C@@H]1CN(C2CC3(C2)CN(CC2CCN(C)CC2)C3)CCO1. The Bertz CT molecular complexity index is 393. The van der Waals surface area contributed by atoms with Gasteiger partial charge in [-0.25, -0.2) is 0 Å². The number of nitrogens with zero attached hydrogens (tertiary/aromatic N) is 3. The maximum atomic E-state index is 5.82. The molecule has 3 heterocycles. The summed E-state index contributed by atoms with van der Waals surface area (Å²) in [5, 5.41) is 0. The van der Waals surface area contributed by atoms with Crippen molar-refractivity contribution in [2.45, 2.75) is 51.2 Å². The van der Waals surface area contributed by atoms with E-state index in [0.29, 0.717) is 11.5 Å². The number of hydrogen-bond donors (Lipinski definition) is 0. The van der Waals surface area contributed by atoms with E-state index in [-0.39, 0.29) is 0 Å². The third kappa shape index (κ3) is 3.46. The van der Waals surface area contributed by atoms with Gasteiger partial charge >= 0.3 is 0 Å². The Labute approximate surface area is 142 Å². The normalized spacial score (nSPS) is 34.4. The molecule has 1 aliphatic carbocycles. The summed E-state index contributed by atoms with van der Waals surface area (Å²) in [4.78, 5) is 7.96. The Hall–Kier alpha value is -0.160. The first-order valence-electron chi connectivity index (χ1n) is 9.92. The van der Waals surface area contributed by atoms with Crippen LogP contribution in [0.2, 0.25) is 0 Å². The fourth-order valence-electron chi connectivity index (χ4n) is 5.42. The van der Waals surface area contributed by atoms with E-state index in [4.69, 9.17) is 4.74 Å². The molecule has 0 aromatic rings. The van der Waals surface area contributed by atoms with Crippen LogP contribution in [0.5, 0.6) is 0 Å². The lowest BCUT2D eigenvalue weighted by Gasteiger charge is -2.62. The molecule has 1 atom stereocenters. The summed E-state index contributed by atoms with van der Waals surface area (Å²) in [5.74, 6) is 0.962. The van der Waals surface area contributed by atoms with Crippen LogP contribution in [0.4, 0.5) is 0 Å². The minimum atomic E-state index is 0.489. The topological polar surface area (TPSA) is 19.0 Å². The fraction of sp³-hybridized carbons (Fsp3) is 1.00. The lowest BCUT2D eigenvalue weighted by molar-refractivity contribution is -0.137. The summed E-state index contributed by atoms with van der Waals surface area (Å²) < 4.78 is 5.82. The van der Waals surface area contributed by atoms with Gasteiger partial charge in [-0.3, -0.25) is 4.90 Å². The van der Waals surface area contributed by atoms with Crippen LogP contribution in [0, 0.1) is 11.3 Å². The van der Waals surface area contributed by atoms with Gasteiger partial charge in [-0.15, -0.1) is 0 Å². The molecule has 0 bridgehead atoms. The van der Waals surface area contributed by atoms with Gasteiger partial charge in [0.1, 0.15) is 0 Å². The maximum Gasteiger partial charge on any atom is 0.0700 e. The molecule has 23 heavy (non-hydrogen) atoms. The van der Waals surface area contributed by atoms with Gasteiger partial charge in [-0.05, 0) is 63.6 Å². The average Bonchev–Trinajstić information content (AvgIpc) is 2.50. The van der Waals surface area contributed by atoms with Crippen LogP contribution in [-0.4, -0.2) is 86.3 Å². The van der Waals surface area contributed by atoms with Crippen molar-refractivity contribution in [3.63, 3.8) is 0 Å². The number of ether oxygens (including phenoxy) is 1. The summed E-state index contributed by atoms with van der Waals surface area (Å²) in [7, 11) is 2.26. The zero-order valence-electron chi connectivity index (χ0n) is 15.2. The molecule has 0 unspecified atom stereocenters. The van der Waals surface area contributed by atoms with Crippen LogP contribution < -0.4 is 0 Å². The molecule has 4 aliphatic rings. The largest absolute Gasteiger partial charge is 0.376 e. The minimum Gasteiger partial charge on any atom is -0.376 e. The number of hydrogen-bond acceptors (Lipinski definition) is 4. The zero-order chi connectivity index (χ0) is 15.9. The van der Waals surface area contributed by atoms with Gasteiger partial charge in [-0.2, -0.15) is 0 Å². The molecule has 0 aromatic carbocycles. The van der Waals surface area contributed by atoms with E-state index < -0.39 is 0 Å². The highest BCUT2D eigenvalue weighted by Gasteiger charge is 2.53. The van der Waals surface area contributed by atoms with Crippen LogP contribution in [-0.2, 0) is 4.74 Å². The highest BCUT2D eigenvalue weighted by atomic mass is 16.5. The van der Waals surface area contributed by atoms with Gasteiger partial charge in [0.15, 0.2) is 0 Å². The van der Waals surface area contributed by atoms with Crippen molar-refractivity contribution in [1.29, 1.82) is 0 Å². The first-order chi connectivity index (χ1) is 11.2. The van der Waals surface area contributed by atoms with E-state index in [1.165, 1.54) is 71.4 Å². The van der Waals surface area contributed by atoms with Crippen LogP contribution in [0.1, 0.15) is 39.0 Å². The molecule has 0 N–H and O–H groups in total. The molecule has 4 heteroatoms. The third-order valence-corrected chi connectivity index (χ3v) is 6.95. The Kier molecular flexibility index (Phi) is 4.70. The maximum absolute atomic E-state index is 5.82. The second-order valence-electron chi connectivity index (χ2n) is 8.87. The predicted molar refractivity (Wildman–Crippen MR) is 93.7 cm³/mol. The summed E-state index contributed by atoms with van der Waals surface area (Å²) >= 11 is 0. The van der Waals surface area contributed by atoms with Crippen LogP contribution in [0.25, 0.3) is 0 Å². The van der Waals surface area contributed by atoms with Crippen molar-refractivity contribution in [2.75, 3.05) is 59.5 Å². The Morgan fingerprint density at radius 3 is 2.52 bits per heavy atom. The molecule has 3 aliphatic heterocycles. The van der Waals surface area contributed by atoms with Gasteiger partial charge in [0.25, 0.3) is 0 Å². The van der Waals surface area contributed by atoms with Crippen molar-refractivity contribution >= 4 is 0 Å². The molecule has 4 nitrogen and oxygen atoms in total. The van der Waals surface area contributed by atoms with Crippen LogP contribution in [0.15, 0.2) is 0 Å². The lowest BCUT2D eigenvalue weighted by atomic mass is 9.60. The fourth-order valence-corrected chi connectivity index (χ4v) is 5.42. The molecule has 0 aromatic heterocycles. The first-order valence-corrected chi connectivity index (χ1v) is 9.92. The molecule has 4 fully saturated rings. The summed E-state index contributed by atoms with van der Waals surface area (Å²) in [6.45, 7) is 12.3. The van der Waals surface area contributed by atoms with E-state index in [2.05, 4.69) is 28.7 Å². The standard InChI is InChI=1S/C19H35N3O/c1-3-18-13-22(8-9-23-18)17-10-19(11-17)14-21(15-19)12-16-4-6-20(2)7-5-16/h16-18H,3-15H2,1-2H3/t18-/m1/s1. The van der Waals surface area contributed by atoms with Crippen LogP contribution in [0.3, 0.4) is 0 Å². The molecule has 0 amide bonds. The number of likely N-dealkylation sites (tertiary alicyclic amines) is 2. The molecule has 1 saturated carbocycles. The summed E-state index contributed by atoms with van der Waals surface area (Å²) in [5.41, 5.74) is 0.705. The predicted octanol–water partition coefficient (Wildman–Crippen LogP) is 1.90. The lowest BCUT2D eigenvalue weighted by Crippen LogP contribution is -2.68. The van der Waals surface area contributed by atoms with Gasteiger partial charge in [-0.1, -0.05) is 6.92 Å². The number of rotatable bonds is 4. The van der Waals surface area contributed by atoms with Gasteiger partial charge in [0.2, 0.25) is 0 Å².